The van der Waals surface area contributed by atoms with Gasteiger partial charge in [-0.05, 0) is 40.6 Å². The van der Waals surface area contributed by atoms with Crippen LogP contribution in [0.2, 0.25) is 0 Å². The van der Waals surface area contributed by atoms with Crippen LogP contribution in [0, 0.1) is 0 Å². The lowest BCUT2D eigenvalue weighted by Crippen LogP contribution is -2.35. The minimum absolute atomic E-state index is 0.0386. The standard InChI is InChI=1S/C30H26N2O6/c1-35-24-10-6-9-20-23-16-22(19-12-11-17-7-4-5-8-18(17)15-19)31-32(23)29(38-27(20)24)21-13-14-25(36-2)28(37-3)26(21)30(33)34/h4-15,23,29H,16H2,1-3H3,(H,33,34)/t23-,29-/m0/s1. The summed E-state index contributed by atoms with van der Waals surface area (Å²) in [6.45, 7) is 0. The van der Waals surface area contributed by atoms with E-state index >= 15 is 0 Å². The number of benzene rings is 4. The van der Waals surface area contributed by atoms with Crippen LogP contribution < -0.4 is 18.9 Å². The second kappa shape index (κ2) is 9.30. The Labute approximate surface area is 219 Å². The van der Waals surface area contributed by atoms with Gasteiger partial charge in [-0.1, -0.05) is 48.5 Å². The molecule has 0 fully saturated rings. The van der Waals surface area contributed by atoms with Crippen LogP contribution in [0.1, 0.15) is 45.7 Å². The average molecular weight is 511 g/mol. The highest BCUT2D eigenvalue weighted by Gasteiger charge is 2.44. The second-order valence-electron chi connectivity index (χ2n) is 9.13. The van der Waals surface area contributed by atoms with E-state index in [1.54, 1.807) is 19.2 Å². The summed E-state index contributed by atoms with van der Waals surface area (Å²) in [7, 11) is 4.48. The molecule has 1 N–H and O–H groups in total. The largest absolute Gasteiger partial charge is 0.493 e. The van der Waals surface area contributed by atoms with Crippen molar-refractivity contribution < 1.29 is 28.8 Å². The summed E-state index contributed by atoms with van der Waals surface area (Å²) in [4.78, 5) is 12.5. The molecule has 0 unspecified atom stereocenters. The molecular formula is C30H26N2O6. The molecule has 4 aromatic rings. The first-order valence-electron chi connectivity index (χ1n) is 12.2. The molecule has 8 heteroatoms. The number of fused-ring (bicyclic) bond motifs is 4. The molecule has 192 valence electrons. The molecule has 2 heterocycles. The van der Waals surface area contributed by atoms with Crippen molar-refractivity contribution in [3.63, 3.8) is 0 Å². The van der Waals surface area contributed by atoms with Gasteiger partial charge in [0, 0.05) is 17.5 Å². The second-order valence-corrected chi connectivity index (χ2v) is 9.13. The maximum Gasteiger partial charge on any atom is 0.340 e. The predicted molar refractivity (Wildman–Crippen MR) is 143 cm³/mol. The maximum absolute atomic E-state index is 12.5. The molecule has 0 aliphatic carbocycles. The quantitative estimate of drug-likeness (QED) is 0.350. The lowest BCUT2D eigenvalue weighted by Gasteiger charge is -2.39. The topological polar surface area (TPSA) is 89.8 Å². The predicted octanol–water partition coefficient (Wildman–Crippen LogP) is 5.81. The van der Waals surface area contributed by atoms with Gasteiger partial charge in [-0.3, -0.25) is 0 Å². The van der Waals surface area contributed by atoms with Crippen LogP contribution in [0.15, 0.2) is 77.9 Å². The third kappa shape index (κ3) is 3.68. The van der Waals surface area contributed by atoms with E-state index in [9.17, 15) is 9.90 Å². The number of nitrogens with zero attached hydrogens (tertiary/aromatic N) is 2. The number of ether oxygens (including phenoxy) is 4. The molecule has 0 saturated carbocycles. The maximum atomic E-state index is 12.5. The molecule has 4 aromatic carbocycles. The lowest BCUT2D eigenvalue weighted by molar-refractivity contribution is -0.0217. The normalized spacial score (nSPS) is 17.8. The first-order chi connectivity index (χ1) is 18.5. The minimum atomic E-state index is -1.15. The Morgan fingerprint density at radius 3 is 2.42 bits per heavy atom. The third-order valence-electron chi connectivity index (χ3n) is 7.14. The van der Waals surface area contributed by atoms with E-state index in [2.05, 4.69) is 30.3 Å². The van der Waals surface area contributed by atoms with Gasteiger partial charge in [-0.2, -0.15) is 5.10 Å². The molecule has 38 heavy (non-hydrogen) atoms. The molecule has 2 atom stereocenters. The lowest BCUT2D eigenvalue weighted by atomic mass is 9.94. The van der Waals surface area contributed by atoms with Crippen LogP contribution in [0.5, 0.6) is 23.0 Å². The number of carboxylic acid groups (broad SMARTS) is 1. The van der Waals surface area contributed by atoms with Crippen LogP contribution in [-0.2, 0) is 0 Å². The fraction of sp³-hybridized carbons (Fsp3) is 0.200. The van der Waals surface area contributed by atoms with Crippen LogP contribution in [0.25, 0.3) is 10.8 Å². The molecule has 6 rings (SSSR count). The summed E-state index contributed by atoms with van der Waals surface area (Å²) < 4.78 is 23.0. The van der Waals surface area contributed by atoms with Crippen LogP contribution in [-0.4, -0.2) is 43.1 Å². The van der Waals surface area contributed by atoms with Crippen molar-refractivity contribution in [3.8, 4) is 23.0 Å². The van der Waals surface area contributed by atoms with E-state index < -0.39 is 12.2 Å². The Morgan fingerprint density at radius 2 is 1.68 bits per heavy atom. The minimum Gasteiger partial charge on any atom is -0.493 e. The van der Waals surface area contributed by atoms with E-state index in [1.165, 1.54) is 14.2 Å². The van der Waals surface area contributed by atoms with Gasteiger partial charge in [0.15, 0.2) is 23.0 Å². The highest BCUT2D eigenvalue weighted by molar-refractivity contribution is 6.04. The Kier molecular flexibility index (Phi) is 5.79. The van der Waals surface area contributed by atoms with Crippen LogP contribution in [0.3, 0.4) is 0 Å². The monoisotopic (exact) mass is 510 g/mol. The molecule has 2 aliphatic heterocycles. The van der Waals surface area contributed by atoms with Gasteiger partial charge in [-0.15, -0.1) is 0 Å². The average Bonchev–Trinajstić information content (AvgIpc) is 3.41. The number of methoxy groups -OCH3 is 3. The van der Waals surface area contributed by atoms with Crippen molar-refractivity contribution in [1.29, 1.82) is 0 Å². The summed E-state index contributed by atoms with van der Waals surface area (Å²) in [5, 5.41) is 19.4. The molecular weight excluding hydrogens is 484 g/mol. The molecule has 0 bridgehead atoms. The Morgan fingerprint density at radius 1 is 0.895 bits per heavy atom. The number of hydrazone groups is 1. The number of carboxylic acids is 1. The number of aromatic carboxylic acids is 1. The van der Waals surface area contributed by atoms with Crippen molar-refractivity contribution in [2.45, 2.75) is 18.7 Å². The first-order valence-corrected chi connectivity index (χ1v) is 12.2. The summed E-state index contributed by atoms with van der Waals surface area (Å²) >= 11 is 0. The number of rotatable bonds is 6. The van der Waals surface area contributed by atoms with Gasteiger partial charge in [0.25, 0.3) is 0 Å². The Hall–Kier alpha value is -4.72. The summed E-state index contributed by atoms with van der Waals surface area (Å²) in [5.41, 5.74) is 3.19. The molecule has 2 aliphatic rings. The molecule has 0 saturated heterocycles. The zero-order valence-corrected chi connectivity index (χ0v) is 21.2. The van der Waals surface area contributed by atoms with E-state index in [0.29, 0.717) is 29.2 Å². The Bertz CT molecular complexity index is 1600. The zero-order valence-electron chi connectivity index (χ0n) is 21.2. The van der Waals surface area contributed by atoms with E-state index in [0.717, 1.165) is 27.6 Å². The van der Waals surface area contributed by atoms with E-state index in [1.807, 2.05) is 35.3 Å². The summed E-state index contributed by atoms with van der Waals surface area (Å²) in [6, 6.07) is 23.4. The van der Waals surface area contributed by atoms with Gasteiger partial charge < -0.3 is 24.1 Å². The van der Waals surface area contributed by atoms with Gasteiger partial charge in [-0.25, -0.2) is 9.80 Å². The van der Waals surface area contributed by atoms with E-state index in [-0.39, 0.29) is 17.4 Å². The molecule has 0 spiro atoms. The van der Waals surface area contributed by atoms with Gasteiger partial charge in [0.1, 0.15) is 5.56 Å². The van der Waals surface area contributed by atoms with Crippen molar-refractivity contribution in [3.05, 3.63) is 95.1 Å². The van der Waals surface area contributed by atoms with Gasteiger partial charge in [0.05, 0.1) is 33.1 Å². The SMILES string of the molecule is COc1cccc2c1O[C@@H](c1ccc(OC)c(OC)c1C(=O)O)N1N=C(c3ccc4ccccc4c3)C[C@@H]21. The molecule has 0 aromatic heterocycles. The highest BCUT2D eigenvalue weighted by atomic mass is 16.5. The number of para-hydroxylation sites is 1. The number of hydrogen-bond acceptors (Lipinski definition) is 7. The summed E-state index contributed by atoms with van der Waals surface area (Å²) in [6.07, 6.45) is -0.221. The third-order valence-corrected chi connectivity index (χ3v) is 7.14. The van der Waals surface area contributed by atoms with Gasteiger partial charge >= 0.3 is 5.97 Å². The molecule has 8 nitrogen and oxygen atoms in total. The molecule has 0 amide bonds. The van der Waals surface area contributed by atoms with Crippen LogP contribution >= 0.6 is 0 Å². The number of carbonyl (C=O) groups is 1. The summed E-state index contributed by atoms with van der Waals surface area (Å²) in [5.74, 6) is 0.438. The Balaban J connectivity index is 1.53. The van der Waals surface area contributed by atoms with Gasteiger partial charge in [0.2, 0.25) is 6.23 Å². The van der Waals surface area contributed by atoms with Crippen molar-refractivity contribution in [1.82, 2.24) is 5.01 Å². The fourth-order valence-corrected chi connectivity index (χ4v) is 5.36. The van der Waals surface area contributed by atoms with Crippen molar-refractivity contribution >= 4 is 22.5 Å². The highest BCUT2D eigenvalue weighted by Crippen LogP contribution is 2.52. The number of hydrogen-bond donors (Lipinski definition) is 1. The van der Waals surface area contributed by atoms with E-state index in [4.69, 9.17) is 24.0 Å². The van der Waals surface area contributed by atoms with Crippen molar-refractivity contribution in [2.24, 2.45) is 5.10 Å². The van der Waals surface area contributed by atoms with Crippen LogP contribution in [0.4, 0.5) is 0 Å². The first kappa shape index (κ1) is 23.7. The fourth-order valence-electron chi connectivity index (χ4n) is 5.36. The molecule has 0 radical (unpaired) electrons. The zero-order chi connectivity index (χ0) is 26.4. The van der Waals surface area contributed by atoms with Crippen molar-refractivity contribution in [2.75, 3.05) is 21.3 Å². The smallest absolute Gasteiger partial charge is 0.340 e.